The van der Waals surface area contributed by atoms with E-state index in [9.17, 15) is 31.0 Å². The first-order valence-corrected chi connectivity index (χ1v) is 17.1. The molecule has 0 bridgehead atoms. The van der Waals surface area contributed by atoms with Crippen LogP contribution >= 0.6 is 0 Å². The Labute approximate surface area is 286 Å². The predicted molar refractivity (Wildman–Crippen MR) is 175 cm³/mol. The van der Waals surface area contributed by atoms with Crippen LogP contribution in [0.4, 0.5) is 33.5 Å². The number of carbonyl (C=O) groups is 2. The van der Waals surface area contributed by atoms with E-state index in [2.05, 4.69) is 43.8 Å². The lowest BCUT2D eigenvalue weighted by atomic mass is 9.88. The number of anilines is 2. The molecule has 4 N–H and O–H groups in total. The molecule has 268 valence electrons. The number of carboxylic acids is 1. The number of nitrogens with zero attached hydrogens (tertiary/aromatic N) is 3. The van der Waals surface area contributed by atoms with Crippen molar-refractivity contribution in [2.75, 3.05) is 44.0 Å². The van der Waals surface area contributed by atoms with Crippen LogP contribution in [0.25, 0.3) is 11.0 Å². The smallest absolute Gasteiger partial charge is 0.475 e. The summed E-state index contributed by atoms with van der Waals surface area (Å²) in [7, 11) is 0.378. The van der Waals surface area contributed by atoms with Crippen LogP contribution in [0.1, 0.15) is 53.1 Å². The fraction of sp³-hybridized carbons (Fsp3) is 0.394. The fourth-order valence-corrected chi connectivity index (χ4v) is 6.74. The van der Waals surface area contributed by atoms with Crippen LogP contribution in [-0.2, 0) is 26.1 Å². The van der Waals surface area contributed by atoms with Crippen molar-refractivity contribution in [1.82, 2.24) is 20.1 Å². The normalized spacial score (nSPS) is 16.8. The number of aromatic nitrogens is 3. The second kappa shape index (κ2) is 16.0. The van der Waals surface area contributed by atoms with Crippen molar-refractivity contribution in [2.24, 2.45) is 0 Å². The van der Waals surface area contributed by atoms with E-state index in [4.69, 9.17) is 14.6 Å². The van der Waals surface area contributed by atoms with Crippen LogP contribution in [0.5, 0.6) is 0 Å². The first-order valence-electron chi connectivity index (χ1n) is 15.7. The van der Waals surface area contributed by atoms with E-state index in [0.29, 0.717) is 35.7 Å². The summed E-state index contributed by atoms with van der Waals surface area (Å²) >= 11 is 0. The molecule has 50 heavy (non-hydrogen) atoms. The molecule has 4 heterocycles. The number of ether oxygens (including phenoxy) is 1. The maximum absolute atomic E-state index is 14.1. The zero-order chi connectivity index (χ0) is 36.0. The number of nitrogens with one attached hydrogen (secondary N) is 3. The number of H-pyrrole nitrogens is 1. The maximum atomic E-state index is 14.1. The van der Waals surface area contributed by atoms with E-state index in [0.717, 1.165) is 62.7 Å². The van der Waals surface area contributed by atoms with E-state index in [1.165, 1.54) is 11.6 Å². The summed E-state index contributed by atoms with van der Waals surface area (Å²) in [5.41, 5.74) is 3.32. The summed E-state index contributed by atoms with van der Waals surface area (Å²) < 4.78 is 78.1. The maximum Gasteiger partial charge on any atom is 0.490 e. The van der Waals surface area contributed by atoms with E-state index in [-0.39, 0.29) is 34.1 Å². The van der Waals surface area contributed by atoms with Crippen molar-refractivity contribution in [2.45, 2.75) is 54.6 Å². The molecule has 2 aliphatic rings. The zero-order valence-electron chi connectivity index (χ0n) is 26.9. The largest absolute Gasteiger partial charge is 0.490 e. The Morgan fingerprint density at radius 1 is 1.04 bits per heavy atom. The van der Waals surface area contributed by atoms with Gasteiger partial charge in [0.1, 0.15) is 22.2 Å². The van der Waals surface area contributed by atoms with Gasteiger partial charge in [0.15, 0.2) is 5.82 Å². The molecule has 0 saturated carbocycles. The van der Waals surface area contributed by atoms with Gasteiger partial charge in [-0.2, -0.15) is 18.3 Å². The van der Waals surface area contributed by atoms with E-state index < -0.39 is 34.6 Å². The number of carbonyl (C=O) groups excluding carboxylic acids is 1. The molecule has 2 aliphatic heterocycles. The van der Waals surface area contributed by atoms with Crippen LogP contribution in [0, 0.1) is 11.6 Å². The van der Waals surface area contributed by atoms with Crippen molar-refractivity contribution in [3.8, 4) is 0 Å². The van der Waals surface area contributed by atoms with Gasteiger partial charge in [-0.25, -0.2) is 18.6 Å². The molecule has 4 aromatic rings. The van der Waals surface area contributed by atoms with Crippen molar-refractivity contribution in [3.63, 3.8) is 0 Å². The van der Waals surface area contributed by atoms with Gasteiger partial charge in [0.05, 0.1) is 27.6 Å². The van der Waals surface area contributed by atoms with Gasteiger partial charge in [0.25, 0.3) is 5.91 Å². The number of alkyl halides is 3. The number of carboxylic acid groups (broad SMARTS) is 1. The second-order valence-electron chi connectivity index (χ2n) is 12.0. The average molecular weight is 723 g/mol. The van der Waals surface area contributed by atoms with Crippen molar-refractivity contribution in [1.29, 1.82) is 0 Å². The van der Waals surface area contributed by atoms with Crippen molar-refractivity contribution in [3.05, 3.63) is 76.9 Å². The minimum absolute atomic E-state index is 0.00537. The Bertz CT molecular complexity index is 1860. The van der Waals surface area contributed by atoms with Crippen LogP contribution in [0.2, 0.25) is 0 Å². The van der Waals surface area contributed by atoms with Gasteiger partial charge >= 0.3 is 12.1 Å². The SMILES string of the molecule is CN1CCC(c2ccc(C(=O)Nc3n[nH]c4ccc(S(=O)Cc5cc(F)ccc5F)nc34)c(NC3CCOCC3)c2)CC1.O=C(O)C(F)(F)F. The van der Waals surface area contributed by atoms with Gasteiger partial charge < -0.3 is 25.4 Å². The minimum atomic E-state index is -5.08. The zero-order valence-corrected chi connectivity index (χ0v) is 27.7. The molecule has 2 aromatic heterocycles. The van der Waals surface area contributed by atoms with E-state index in [1.807, 2.05) is 12.1 Å². The van der Waals surface area contributed by atoms with E-state index >= 15 is 0 Å². The van der Waals surface area contributed by atoms with Gasteiger partial charge in [-0.05, 0) is 99.8 Å². The minimum Gasteiger partial charge on any atom is -0.475 e. The van der Waals surface area contributed by atoms with Gasteiger partial charge in [-0.15, -0.1) is 0 Å². The summed E-state index contributed by atoms with van der Waals surface area (Å²) in [4.78, 5) is 29.4. The number of aliphatic carboxylic acids is 1. The lowest BCUT2D eigenvalue weighted by molar-refractivity contribution is -0.192. The Hall–Kier alpha value is -4.48. The first-order chi connectivity index (χ1) is 23.8. The molecule has 2 saturated heterocycles. The fourth-order valence-electron chi connectivity index (χ4n) is 5.68. The molecule has 1 unspecified atom stereocenters. The average Bonchev–Trinajstić information content (AvgIpc) is 3.48. The molecule has 17 heteroatoms. The Balaban J connectivity index is 0.000000630. The monoisotopic (exact) mass is 722 g/mol. The molecule has 0 radical (unpaired) electrons. The molecule has 1 atom stereocenters. The highest BCUT2D eigenvalue weighted by Gasteiger charge is 2.38. The molecule has 6 rings (SSSR count). The molecule has 11 nitrogen and oxygen atoms in total. The quantitative estimate of drug-likeness (QED) is 0.165. The van der Waals surface area contributed by atoms with Crippen LogP contribution in [-0.4, -0.2) is 86.8 Å². The van der Waals surface area contributed by atoms with Gasteiger partial charge in [-0.3, -0.25) is 14.1 Å². The molecular formula is C33H35F5N6O5S. The number of aromatic amines is 1. The highest BCUT2D eigenvalue weighted by molar-refractivity contribution is 7.84. The molecule has 2 fully saturated rings. The summed E-state index contributed by atoms with van der Waals surface area (Å²) in [5.74, 6) is -3.98. The summed E-state index contributed by atoms with van der Waals surface area (Å²) in [6.45, 7) is 3.43. The van der Waals surface area contributed by atoms with Crippen LogP contribution in [0.3, 0.4) is 0 Å². The van der Waals surface area contributed by atoms with Crippen LogP contribution in [0.15, 0.2) is 53.6 Å². The third-order valence-corrected chi connectivity index (χ3v) is 9.71. The third-order valence-electron chi connectivity index (χ3n) is 8.44. The number of hydrogen-bond donors (Lipinski definition) is 4. The van der Waals surface area contributed by atoms with Crippen molar-refractivity contribution >= 4 is 45.2 Å². The molecule has 1 amide bonds. The van der Waals surface area contributed by atoms with E-state index in [1.54, 1.807) is 6.07 Å². The number of likely N-dealkylation sites (tertiary alicyclic amines) is 1. The second-order valence-corrected chi connectivity index (χ2v) is 13.4. The number of halogens is 5. The number of amides is 1. The summed E-state index contributed by atoms with van der Waals surface area (Å²) in [6, 6.07) is 12.4. The van der Waals surface area contributed by atoms with Gasteiger partial charge in [0, 0.05) is 30.5 Å². The van der Waals surface area contributed by atoms with Gasteiger partial charge in [-0.1, -0.05) is 6.07 Å². The molecule has 0 aliphatic carbocycles. The predicted octanol–water partition coefficient (Wildman–Crippen LogP) is 5.83. The Morgan fingerprint density at radius 2 is 1.74 bits per heavy atom. The topological polar surface area (TPSA) is 150 Å². The summed E-state index contributed by atoms with van der Waals surface area (Å²) in [5, 5.41) is 20.8. The molecule has 0 spiro atoms. The number of pyridine rings is 1. The highest BCUT2D eigenvalue weighted by atomic mass is 32.2. The number of hydrogen-bond acceptors (Lipinski definition) is 8. The number of benzene rings is 2. The number of piperidine rings is 1. The van der Waals surface area contributed by atoms with Gasteiger partial charge in [0.2, 0.25) is 0 Å². The molecule has 2 aromatic carbocycles. The lowest BCUT2D eigenvalue weighted by Gasteiger charge is -2.30. The first kappa shape index (κ1) is 36.8. The Morgan fingerprint density at radius 3 is 2.42 bits per heavy atom. The Kier molecular flexibility index (Phi) is 11.8. The third kappa shape index (κ3) is 9.39. The standard InChI is InChI=1S/C31H34F2N6O3S.C2HF3O2/c1-39-12-8-19(9-13-39)20-2-4-24(27(17-20)34-23-10-14-42-15-11-23)31(40)36-30-29-26(37-38-30)6-7-28(35-29)43(41)18-21-16-22(32)3-5-25(21)33;3-2(4,5)1(6)7/h2-7,16-17,19,23,34H,8-15,18H2,1H3,(H2,36,37,38,40);(H,6,7). The summed E-state index contributed by atoms with van der Waals surface area (Å²) in [6.07, 6.45) is -1.24. The number of rotatable bonds is 8. The lowest BCUT2D eigenvalue weighted by Crippen LogP contribution is -2.30. The molecular weight excluding hydrogens is 687 g/mol. The van der Waals surface area contributed by atoms with Crippen molar-refractivity contribution < 1.29 is 45.6 Å². The highest BCUT2D eigenvalue weighted by Crippen LogP contribution is 2.32. The number of fused-ring (bicyclic) bond motifs is 1. The van der Waals surface area contributed by atoms with Crippen LogP contribution < -0.4 is 10.6 Å².